The SMILES string of the molecule is C=CC(=O)OCCOc1ccccc1-c1ccc(C#N)cc1.O=C(O)c1ccccc1. The van der Waals surface area contributed by atoms with Gasteiger partial charge < -0.3 is 14.6 Å². The minimum Gasteiger partial charge on any atom is -0.489 e. The maximum absolute atomic E-state index is 10.9. The lowest BCUT2D eigenvalue weighted by Crippen LogP contribution is -2.10. The summed E-state index contributed by atoms with van der Waals surface area (Å²) in [6.45, 7) is 3.74. The second kappa shape index (κ2) is 12.2. The number of nitrogens with zero attached hydrogens (tertiary/aromatic N) is 1. The van der Waals surface area contributed by atoms with Crippen molar-refractivity contribution in [1.29, 1.82) is 5.26 Å². The van der Waals surface area contributed by atoms with Crippen LogP contribution in [0.25, 0.3) is 11.1 Å². The molecule has 31 heavy (non-hydrogen) atoms. The van der Waals surface area contributed by atoms with Gasteiger partial charge in [0.15, 0.2) is 0 Å². The number of benzene rings is 3. The van der Waals surface area contributed by atoms with E-state index in [-0.39, 0.29) is 13.2 Å². The third-order valence-corrected chi connectivity index (χ3v) is 3.98. The van der Waals surface area contributed by atoms with Crippen LogP contribution in [0, 0.1) is 11.3 Å². The van der Waals surface area contributed by atoms with E-state index in [1.165, 1.54) is 0 Å². The van der Waals surface area contributed by atoms with Crippen LogP contribution in [-0.2, 0) is 9.53 Å². The molecule has 0 spiro atoms. The van der Waals surface area contributed by atoms with Crippen LogP contribution in [0.5, 0.6) is 5.75 Å². The Morgan fingerprint density at radius 2 is 1.58 bits per heavy atom. The van der Waals surface area contributed by atoms with E-state index >= 15 is 0 Å². The Hall–Kier alpha value is -4.37. The van der Waals surface area contributed by atoms with Gasteiger partial charge in [-0.3, -0.25) is 0 Å². The average Bonchev–Trinajstić information content (AvgIpc) is 2.83. The Morgan fingerprint density at radius 3 is 2.16 bits per heavy atom. The summed E-state index contributed by atoms with van der Waals surface area (Å²) in [5, 5.41) is 17.2. The average molecular weight is 415 g/mol. The van der Waals surface area contributed by atoms with Gasteiger partial charge in [-0.2, -0.15) is 5.26 Å². The molecule has 0 aliphatic carbocycles. The highest BCUT2D eigenvalue weighted by molar-refractivity contribution is 5.87. The van der Waals surface area contributed by atoms with Crippen molar-refractivity contribution in [3.05, 3.63) is 103 Å². The molecule has 0 saturated heterocycles. The van der Waals surface area contributed by atoms with Crippen LogP contribution < -0.4 is 4.74 Å². The van der Waals surface area contributed by atoms with E-state index in [4.69, 9.17) is 19.8 Å². The number of carbonyl (C=O) groups is 2. The number of para-hydroxylation sites is 1. The molecular weight excluding hydrogens is 394 g/mol. The van der Waals surface area contributed by atoms with E-state index in [0.717, 1.165) is 17.2 Å². The summed E-state index contributed by atoms with van der Waals surface area (Å²) in [7, 11) is 0. The summed E-state index contributed by atoms with van der Waals surface area (Å²) in [6.07, 6.45) is 1.12. The van der Waals surface area contributed by atoms with Gasteiger partial charge in [-0.1, -0.05) is 55.1 Å². The van der Waals surface area contributed by atoms with Crippen molar-refractivity contribution in [1.82, 2.24) is 0 Å². The zero-order valence-corrected chi connectivity index (χ0v) is 16.7. The third kappa shape index (κ3) is 7.52. The summed E-state index contributed by atoms with van der Waals surface area (Å²) in [5.74, 6) is -0.651. The second-order valence-corrected chi connectivity index (χ2v) is 6.08. The standard InChI is InChI=1S/C18H15NO3.C7H6O2/c1-2-18(20)22-12-11-21-17-6-4-3-5-16(17)15-9-7-14(13-19)8-10-15;8-7(9)6-4-2-1-3-5-6/h2-10H,1,11-12H2;1-5H,(H,8,9). The maximum atomic E-state index is 10.9. The monoisotopic (exact) mass is 415 g/mol. The Kier molecular flexibility index (Phi) is 9.05. The molecule has 3 aromatic rings. The van der Waals surface area contributed by atoms with Crippen molar-refractivity contribution in [2.24, 2.45) is 0 Å². The number of carbonyl (C=O) groups excluding carboxylic acids is 1. The minimum atomic E-state index is -0.879. The van der Waals surface area contributed by atoms with Crippen LogP contribution in [0.15, 0.2) is 91.5 Å². The molecule has 0 heterocycles. The molecule has 0 unspecified atom stereocenters. The predicted octanol–water partition coefficient (Wildman–Crippen LogP) is 4.72. The first-order chi connectivity index (χ1) is 15.0. The van der Waals surface area contributed by atoms with Crippen molar-refractivity contribution >= 4 is 11.9 Å². The molecule has 156 valence electrons. The van der Waals surface area contributed by atoms with Gasteiger partial charge in [0.05, 0.1) is 17.2 Å². The van der Waals surface area contributed by atoms with Gasteiger partial charge in [0.2, 0.25) is 0 Å². The number of carboxylic acids is 1. The lowest BCUT2D eigenvalue weighted by atomic mass is 10.0. The number of aromatic carboxylic acids is 1. The van der Waals surface area contributed by atoms with Gasteiger partial charge in [0, 0.05) is 11.6 Å². The molecular formula is C25H21NO5. The fourth-order valence-electron chi connectivity index (χ4n) is 2.49. The van der Waals surface area contributed by atoms with Gasteiger partial charge in [-0.05, 0) is 35.9 Å². The van der Waals surface area contributed by atoms with E-state index in [1.807, 2.05) is 36.4 Å². The molecule has 0 aromatic heterocycles. The van der Waals surface area contributed by atoms with Crippen LogP contribution in [0.3, 0.4) is 0 Å². The Labute approximate surface area is 180 Å². The van der Waals surface area contributed by atoms with Gasteiger partial charge >= 0.3 is 11.9 Å². The molecule has 0 radical (unpaired) electrons. The molecule has 0 aliphatic heterocycles. The van der Waals surface area contributed by atoms with Gasteiger partial charge in [-0.15, -0.1) is 0 Å². The van der Waals surface area contributed by atoms with Crippen LogP contribution in [0.1, 0.15) is 15.9 Å². The first-order valence-electron chi connectivity index (χ1n) is 9.35. The fourth-order valence-corrected chi connectivity index (χ4v) is 2.49. The Morgan fingerprint density at radius 1 is 0.935 bits per heavy atom. The van der Waals surface area contributed by atoms with Crippen LogP contribution >= 0.6 is 0 Å². The maximum Gasteiger partial charge on any atom is 0.335 e. The zero-order valence-electron chi connectivity index (χ0n) is 16.7. The number of ether oxygens (including phenoxy) is 2. The molecule has 0 atom stereocenters. The number of carboxylic acid groups (broad SMARTS) is 1. The molecule has 0 aliphatic rings. The van der Waals surface area contributed by atoms with Gasteiger partial charge in [0.1, 0.15) is 19.0 Å². The van der Waals surface area contributed by atoms with Crippen molar-refractivity contribution in [2.75, 3.05) is 13.2 Å². The van der Waals surface area contributed by atoms with E-state index in [9.17, 15) is 9.59 Å². The molecule has 3 rings (SSSR count). The normalized spacial score (nSPS) is 9.39. The number of hydrogen-bond donors (Lipinski definition) is 1. The summed E-state index contributed by atoms with van der Waals surface area (Å²) >= 11 is 0. The summed E-state index contributed by atoms with van der Waals surface area (Å²) in [4.78, 5) is 21.2. The Bertz CT molecular complexity index is 1050. The van der Waals surface area contributed by atoms with Crippen molar-refractivity contribution in [3.8, 4) is 22.9 Å². The number of esters is 1. The summed E-state index contributed by atoms with van der Waals surface area (Å²) in [5.41, 5.74) is 2.82. The van der Waals surface area contributed by atoms with Gasteiger partial charge in [-0.25, -0.2) is 9.59 Å². The highest BCUT2D eigenvalue weighted by Gasteiger charge is 2.06. The van der Waals surface area contributed by atoms with Gasteiger partial charge in [0.25, 0.3) is 0 Å². The quantitative estimate of drug-likeness (QED) is 0.341. The van der Waals surface area contributed by atoms with E-state index in [1.54, 1.807) is 42.5 Å². The molecule has 6 heteroatoms. The molecule has 1 N–H and O–H groups in total. The van der Waals surface area contributed by atoms with E-state index in [0.29, 0.717) is 16.9 Å². The van der Waals surface area contributed by atoms with Crippen LogP contribution in [0.4, 0.5) is 0 Å². The lowest BCUT2D eigenvalue weighted by Gasteiger charge is -2.11. The first kappa shape index (κ1) is 22.9. The fraction of sp³-hybridized carbons (Fsp3) is 0.0800. The minimum absolute atomic E-state index is 0.159. The van der Waals surface area contributed by atoms with Crippen molar-refractivity contribution in [2.45, 2.75) is 0 Å². The van der Waals surface area contributed by atoms with E-state index in [2.05, 4.69) is 12.6 Å². The molecule has 0 amide bonds. The summed E-state index contributed by atoms with van der Waals surface area (Å²) in [6, 6.07) is 25.2. The lowest BCUT2D eigenvalue weighted by molar-refractivity contribution is -0.138. The number of nitriles is 1. The van der Waals surface area contributed by atoms with Crippen LogP contribution in [-0.4, -0.2) is 30.3 Å². The topological polar surface area (TPSA) is 96.6 Å². The predicted molar refractivity (Wildman–Crippen MR) is 117 cm³/mol. The zero-order chi connectivity index (χ0) is 22.5. The highest BCUT2D eigenvalue weighted by Crippen LogP contribution is 2.29. The number of rotatable bonds is 7. The second-order valence-electron chi connectivity index (χ2n) is 6.08. The molecule has 0 fully saturated rings. The Balaban J connectivity index is 0.000000316. The summed E-state index contributed by atoms with van der Waals surface area (Å²) < 4.78 is 10.5. The van der Waals surface area contributed by atoms with Crippen molar-refractivity contribution < 1.29 is 24.2 Å². The molecule has 0 saturated carbocycles. The highest BCUT2D eigenvalue weighted by atomic mass is 16.6. The molecule has 3 aromatic carbocycles. The third-order valence-electron chi connectivity index (χ3n) is 3.98. The van der Waals surface area contributed by atoms with Crippen LogP contribution in [0.2, 0.25) is 0 Å². The largest absolute Gasteiger partial charge is 0.489 e. The first-order valence-corrected chi connectivity index (χ1v) is 9.35. The smallest absolute Gasteiger partial charge is 0.335 e. The number of hydrogen-bond acceptors (Lipinski definition) is 5. The molecule has 0 bridgehead atoms. The van der Waals surface area contributed by atoms with E-state index < -0.39 is 11.9 Å². The molecule has 6 nitrogen and oxygen atoms in total. The van der Waals surface area contributed by atoms with Crippen molar-refractivity contribution in [3.63, 3.8) is 0 Å².